The van der Waals surface area contributed by atoms with Crippen LogP contribution in [-0.2, 0) is 0 Å². The average molecular weight is 532 g/mol. The number of piperidine rings is 1. The molecule has 202 valence electrons. The van der Waals surface area contributed by atoms with E-state index < -0.39 is 5.91 Å². The van der Waals surface area contributed by atoms with Gasteiger partial charge in [-0.25, -0.2) is 0 Å². The molecule has 0 spiro atoms. The minimum atomic E-state index is -0.437. The second-order valence-corrected chi connectivity index (χ2v) is 10.5. The molecule has 4 aromatic rings. The predicted molar refractivity (Wildman–Crippen MR) is 160 cm³/mol. The van der Waals surface area contributed by atoms with Crippen LogP contribution in [0.15, 0.2) is 89.9 Å². The number of carbonyl (C=O) groups excluding carboxylic acids is 1. The lowest BCUT2D eigenvalue weighted by molar-refractivity contribution is 0.100. The van der Waals surface area contributed by atoms with E-state index in [1.165, 1.54) is 5.56 Å². The first-order valence-corrected chi connectivity index (χ1v) is 13.6. The highest BCUT2D eigenvalue weighted by Crippen LogP contribution is 2.46. The van der Waals surface area contributed by atoms with Gasteiger partial charge in [0.15, 0.2) is 0 Å². The van der Waals surface area contributed by atoms with E-state index in [0.29, 0.717) is 5.56 Å². The van der Waals surface area contributed by atoms with Crippen LogP contribution < -0.4 is 15.2 Å². The smallest absolute Gasteiger partial charge is 0.248 e. The van der Waals surface area contributed by atoms with Gasteiger partial charge in [0.25, 0.3) is 0 Å². The second-order valence-electron chi connectivity index (χ2n) is 10.5. The van der Waals surface area contributed by atoms with Gasteiger partial charge in [-0.05, 0) is 73.1 Å². The van der Waals surface area contributed by atoms with Crippen LogP contribution >= 0.6 is 0 Å². The highest BCUT2D eigenvalue weighted by Gasteiger charge is 2.36. The maximum absolute atomic E-state index is 11.8. The Kier molecular flexibility index (Phi) is 6.86. The van der Waals surface area contributed by atoms with Crippen LogP contribution in [0.2, 0.25) is 0 Å². The molecule has 2 heterocycles. The van der Waals surface area contributed by atoms with E-state index in [1.807, 2.05) is 48.5 Å². The number of nitrogens with zero attached hydrogens (tertiary/aromatic N) is 2. The molecule has 6 nitrogen and oxygen atoms in total. The summed E-state index contributed by atoms with van der Waals surface area (Å²) in [5, 5.41) is 0. The van der Waals surface area contributed by atoms with Gasteiger partial charge in [-0.3, -0.25) is 9.79 Å². The number of likely N-dealkylation sites (tertiary alicyclic amines) is 1. The second kappa shape index (κ2) is 10.6. The van der Waals surface area contributed by atoms with Crippen molar-refractivity contribution in [1.82, 2.24) is 4.90 Å². The summed E-state index contributed by atoms with van der Waals surface area (Å²) in [5.74, 6) is 1.45. The summed E-state index contributed by atoms with van der Waals surface area (Å²) in [4.78, 5) is 19.5. The van der Waals surface area contributed by atoms with Crippen molar-refractivity contribution in [3.8, 4) is 33.8 Å². The van der Waals surface area contributed by atoms with E-state index in [9.17, 15) is 4.79 Å². The quantitative estimate of drug-likeness (QED) is 0.342. The molecule has 2 aliphatic heterocycles. The lowest BCUT2D eigenvalue weighted by Gasteiger charge is -2.40. The highest BCUT2D eigenvalue weighted by molar-refractivity contribution is 6.16. The number of carbonyl (C=O) groups is 1. The van der Waals surface area contributed by atoms with Crippen LogP contribution in [0.3, 0.4) is 0 Å². The molecule has 6 rings (SSSR count). The molecule has 0 aliphatic carbocycles. The number of primary amides is 1. The van der Waals surface area contributed by atoms with Crippen molar-refractivity contribution in [2.45, 2.75) is 18.4 Å². The number of fused-ring (bicyclic) bond motifs is 3. The van der Waals surface area contributed by atoms with Crippen molar-refractivity contribution < 1.29 is 14.3 Å². The average Bonchev–Trinajstić information content (AvgIpc) is 3.00. The van der Waals surface area contributed by atoms with Crippen molar-refractivity contribution in [3.63, 3.8) is 0 Å². The molecule has 2 aliphatic rings. The lowest BCUT2D eigenvalue weighted by atomic mass is 9.76. The largest absolute Gasteiger partial charge is 0.496 e. The molecule has 0 bridgehead atoms. The molecule has 0 radical (unpaired) electrons. The summed E-state index contributed by atoms with van der Waals surface area (Å²) in [6.07, 6.45) is 0.988. The Morgan fingerprint density at radius 3 is 2.02 bits per heavy atom. The van der Waals surface area contributed by atoms with Crippen molar-refractivity contribution in [3.05, 3.63) is 107 Å². The lowest BCUT2D eigenvalue weighted by Crippen LogP contribution is -2.41. The van der Waals surface area contributed by atoms with Crippen LogP contribution in [0.1, 0.15) is 39.4 Å². The summed E-state index contributed by atoms with van der Waals surface area (Å²) in [6, 6.07) is 28.5. The maximum atomic E-state index is 11.8. The van der Waals surface area contributed by atoms with Gasteiger partial charge in [0.1, 0.15) is 11.5 Å². The van der Waals surface area contributed by atoms with E-state index in [0.717, 1.165) is 70.1 Å². The van der Waals surface area contributed by atoms with Gasteiger partial charge in [0.05, 0.1) is 26.0 Å². The number of benzene rings is 4. The van der Waals surface area contributed by atoms with Crippen molar-refractivity contribution >= 4 is 11.6 Å². The van der Waals surface area contributed by atoms with E-state index in [-0.39, 0.29) is 12.0 Å². The van der Waals surface area contributed by atoms with Crippen molar-refractivity contribution in [2.24, 2.45) is 10.7 Å². The third kappa shape index (κ3) is 4.54. The van der Waals surface area contributed by atoms with Crippen LogP contribution in [-0.4, -0.2) is 56.9 Å². The normalized spacial score (nSPS) is 18.3. The van der Waals surface area contributed by atoms with Gasteiger partial charge < -0.3 is 20.1 Å². The van der Waals surface area contributed by atoms with Crippen LogP contribution in [0, 0.1) is 0 Å². The molecule has 1 amide bonds. The minimum absolute atomic E-state index is 0.178. The zero-order chi connectivity index (χ0) is 27.8. The molecular weight excluding hydrogens is 498 g/mol. The van der Waals surface area contributed by atoms with Gasteiger partial charge in [-0.15, -0.1) is 0 Å². The van der Waals surface area contributed by atoms with Crippen LogP contribution in [0.5, 0.6) is 11.5 Å². The van der Waals surface area contributed by atoms with Gasteiger partial charge in [-0.2, -0.15) is 0 Å². The molecule has 0 saturated carbocycles. The Bertz CT molecular complexity index is 1610. The first-order valence-electron chi connectivity index (χ1n) is 13.6. The summed E-state index contributed by atoms with van der Waals surface area (Å²) < 4.78 is 11.7. The zero-order valence-corrected chi connectivity index (χ0v) is 23.1. The van der Waals surface area contributed by atoms with Gasteiger partial charge in [0.2, 0.25) is 5.91 Å². The van der Waals surface area contributed by atoms with Gasteiger partial charge >= 0.3 is 0 Å². The predicted octanol–water partition coefficient (Wildman–Crippen LogP) is 5.78. The molecular formula is C34H33N3O3. The molecule has 1 saturated heterocycles. The Balaban J connectivity index is 1.64. The Morgan fingerprint density at radius 2 is 1.43 bits per heavy atom. The SMILES string of the molecule is COc1ccccc1-c1cc2c(cc1-c1ccccc1OC)[C@H]1CN(C)CC[C@H]1N=C2c1ccc(C(N)=O)cc1. The van der Waals surface area contributed by atoms with E-state index in [2.05, 4.69) is 36.2 Å². The number of hydrogen-bond donors (Lipinski definition) is 1. The minimum Gasteiger partial charge on any atom is -0.496 e. The fraction of sp³-hybridized carbons (Fsp3) is 0.235. The van der Waals surface area contributed by atoms with E-state index in [4.69, 9.17) is 20.2 Å². The third-order valence-electron chi connectivity index (χ3n) is 8.16. The number of hydrogen-bond acceptors (Lipinski definition) is 5. The molecule has 6 heteroatoms. The van der Waals surface area contributed by atoms with E-state index >= 15 is 0 Å². The Hall–Kier alpha value is -4.42. The van der Waals surface area contributed by atoms with Crippen molar-refractivity contribution in [1.29, 1.82) is 0 Å². The summed E-state index contributed by atoms with van der Waals surface area (Å²) in [5.41, 5.74) is 14.5. The number of para-hydroxylation sites is 2. The van der Waals surface area contributed by atoms with E-state index in [1.54, 1.807) is 26.4 Å². The Morgan fingerprint density at radius 1 is 0.825 bits per heavy atom. The number of aliphatic imine (C=N–C) groups is 1. The first-order chi connectivity index (χ1) is 19.5. The number of rotatable bonds is 6. The van der Waals surface area contributed by atoms with Crippen LogP contribution in [0.25, 0.3) is 22.3 Å². The molecule has 2 N–H and O–H groups in total. The molecule has 0 aromatic heterocycles. The molecule has 2 atom stereocenters. The van der Waals surface area contributed by atoms with Gasteiger partial charge in [0, 0.05) is 40.3 Å². The number of likely N-dealkylation sites (N-methyl/N-ethyl adjacent to an activating group) is 1. The summed E-state index contributed by atoms with van der Waals surface area (Å²) in [6.45, 7) is 1.95. The molecule has 40 heavy (non-hydrogen) atoms. The monoisotopic (exact) mass is 531 g/mol. The molecule has 1 fully saturated rings. The van der Waals surface area contributed by atoms with Gasteiger partial charge in [-0.1, -0.05) is 48.5 Å². The third-order valence-corrected chi connectivity index (χ3v) is 8.16. The highest BCUT2D eigenvalue weighted by atomic mass is 16.5. The summed E-state index contributed by atoms with van der Waals surface area (Å²) in [7, 11) is 5.60. The number of amides is 1. The molecule has 4 aromatic carbocycles. The number of ether oxygens (including phenoxy) is 2. The standard InChI is InChI=1S/C34H33N3O3/c1-37-17-16-30-29(20-37)27-18-25(23-8-4-6-10-31(23)39-2)26(24-9-5-7-11-32(24)40-3)19-28(27)33(36-30)21-12-14-22(15-13-21)34(35)38/h4-15,18-19,29-30H,16-17,20H2,1-3H3,(H2,35,38)/t29-,30-/m1/s1. The van der Waals surface area contributed by atoms with Crippen LogP contribution in [0.4, 0.5) is 0 Å². The number of nitrogens with two attached hydrogens (primary N) is 1. The fourth-order valence-electron chi connectivity index (χ4n) is 6.13. The summed E-state index contributed by atoms with van der Waals surface area (Å²) >= 11 is 0. The molecule has 0 unspecified atom stereocenters. The zero-order valence-electron chi connectivity index (χ0n) is 23.1. The Labute approximate surface area is 235 Å². The fourth-order valence-corrected chi connectivity index (χ4v) is 6.13. The topological polar surface area (TPSA) is 77.2 Å². The first kappa shape index (κ1) is 25.8. The number of methoxy groups -OCH3 is 2. The maximum Gasteiger partial charge on any atom is 0.248 e. The van der Waals surface area contributed by atoms with Crippen molar-refractivity contribution in [2.75, 3.05) is 34.4 Å².